The van der Waals surface area contributed by atoms with Gasteiger partial charge in [-0.25, -0.2) is 8.42 Å². The van der Waals surface area contributed by atoms with E-state index in [4.69, 9.17) is 4.74 Å². The van der Waals surface area contributed by atoms with E-state index in [0.29, 0.717) is 24.6 Å². The zero-order valence-electron chi connectivity index (χ0n) is 18.2. The lowest BCUT2D eigenvalue weighted by molar-refractivity contribution is -0.0440. The standard InChI is InChI=1S/C23H30N2O4S/c1-16(2)19-8-6-10-21(12-19)24(5)23(26)20-9-7-11-22(13-20)30(27,28)25-14-17(3)29-18(4)15-25/h6-13,16-18H,14-15H2,1-5H3. The molecule has 30 heavy (non-hydrogen) atoms. The number of ether oxygens (including phenoxy) is 1. The Balaban J connectivity index is 1.87. The minimum Gasteiger partial charge on any atom is -0.373 e. The minimum atomic E-state index is -3.71. The SMILES string of the molecule is CC1CN(S(=O)(=O)c2cccc(C(=O)N(C)c3cccc(C(C)C)c3)c2)CC(C)O1. The van der Waals surface area contributed by atoms with Crippen molar-refractivity contribution in [2.24, 2.45) is 0 Å². The van der Waals surface area contributed by atoms with Gasteiger partial charge in [-0.3, -0.25) is 4.79 Å². The molecule has 1 saturated heterocycles. The molecule has 1 aliphatic rings. The molecule has 0 aromatic heterocycles. The maximum atomic E-state index is 13.2. The quantitative estimate of drug-likeness (QED) is 0.722. The first-order chi connectivity index (χ1) is 14.1. The van der Waals surface area contributed by atoms with Gasteiger partial charge in [-0.2, -0.15) is 4.31 Å². The van der Waals surface area contributed by atoms with Gasteiger partial charge in [0, 0.05) is 31.4 Å². The van der Waals surface area contributed by atoms with Gasteiger partial charge in [-0.1, -0.05) is 32.0 Å². The molecule has 3 rings (SSSR count). The molecule has 2 unspecified atom stereocenters. The highest BCUT2D eigenvalue weighted by Crippen LogP contribution is 2.25. The predicted octanol–water partition coefficient (Wildman–Crippen LogP) is 3.88. The second kappa shape index (κ2) is 8.88. The first-order valence-electron chi connectivity index (χ1n) is 10.2. The molecule has 1 fully saturated rings. The van der Waals surface area contributed by atoms with Crippen LogP contribution in [0.25, 0.3) is 0 Å². The molecule has 1 heterocycles. The van der Waals surface area contributed by atoms with Crippen LogP contribution in [0.15, 0.2) is 53.4 Å². The Labute approximate surface area is 179 Å². The lowest BCUT2D eigenvalue weighted by Crippen LogP contribution is -2.48. The summed E-state index contributed by atoms with van der Waals surface area (Å²) in [6.07, 6.45) is -0.347. The van der Waals surface area contributed by atoms with E-state index < -0.39 is 10.0 Å². The Bertz CT molecular complexity index is 1010. The van der Waals surface area contributed by atoms with Crippen LogP contribution in [0.1, 0.15) is 49.5 Å². The third-order valence-corrected chi connectivity index (χ3v) is 7.16. The molecule has 7 heteroatoms. The van der Waals surface area contributed by atoms with Crippen LogP contribution in [0.4, 0.5) is 5.69 Å². The van der Waals surface area contributed by atoms with Crippen LogP contribution >= 0.6 is 0 Å². The Morgan fingerprint density at radius 2 is 1.70 bits per heavy atom. The van der Waals surface area contributed by atoms with Crippen molar-refractivity contribution in [2.75, 3.05) is 25.0 Å². The Kier molecular flexibility index (Phi) is 6.65. The van der Waals surface area contributed by atoms with Crippen molar-refractivity contribution in [1.82, 2.24) is 4.31 Å². The Morgan fingerprint density at radius 1 is 1.07 bits per heavy atom. The number of rotatable bonds is 5. The number of sulfonamides is 1. The summed E-state index contributed by atoms with van der Waals surface area (Å²) in [5.41, 5.74) is 2.25. The Morgan fingerprint density at radius 3 is 2.33 bits per heavy atom. The zero-order valence-corrected chi connectivity index (χ0v) is 19.0. The van der Waals surface area contributed by atoms with Gasteiger partial charge in [-0.15, -0.1) is 0 Å². The highest BCUT2D eigenvalue weighted by atomic mass is 32.2. The van der Waals surface area contributed by atoms with E-state index in [-0.39, 0.29) is 23.0 Å². The topological polar surface area (TPSA) is 66.9 Å². The van der Waals surface area contributed by atoms with Gasteiger partial charge in [0.2, 0.25) is 10.0 Å². The van der Waals surface area contributed by atoms with Gasteiger partial charge in [-0.05, 0) is 55.7 Å². The van der Waals surface area contributed by atoms with Crippen molar-refractivity contribution in [1.29, 1.82) is 0 Å². The summed E-state index contributed by atoms with van der Waals surface area (Å²) in [6, 6.07) is 14.1. The molecular formula is C23H30N2O4S. The van der Waals surface area contributed by atoms with Gasteiger partial charge in [0.25, 0.3) is 5.91 Å². The number of benzene rings is 2. The highest BCUT2D eigenvalue weighted by molar-refractivity contribution is 7.89. The Hall–Kier alpha value is -2.22. The number of hydrogen-bond donors (Lipinski definition) is 0. The molecule has 0 N–H and O–H groups in total. The number of morpholine rings is 1. The van der Waals surface area contributed by atoms with Crippen LogP contribution < -0.4 is 4.90 Å². The lowest BCUT2D eigenvalue weighted by atomic mass is 10.0. The van der Waals surface area contributed by atoms with Crippen LogP contribution in [-0.4, -0.2) is 51.0 Å². The molecule has 0 spiro atoms. The van der Waals surface area contributed by atoms with Crippen LogP contribution in [-0.2, 0) is 14.8 Å². The molecule has 0 saturated carbocycles. The summed E-state index contributed by atoms with van der Waals surface area (Å²) in [5.74, 6) is 0.0944. The lowest BCUT2D eigenvalue weighted by Gasteiger charge is -2.34. The van der Waals surface area contributed by atoms with Crippen LogP contribution in [0, 0.1) is 0 Å². The molecule has 0 radical (unpaired) electrons. The third kappa shape index (κ3) is 4.74. The number of anilines is 1. The molecule has 2 aromatic rings. The molecule has 6 nitrogen and oxygen atoms in total. The molecule has 1 amide bonds. The van der Waals surface area contributed by atoms with E-state index in [1.54, 1.807) is 24.1 Å². The predicted molar refractivity (Wildman–Crippen MR) is 118 cm³/mol. The molecule has 2 aromatic carbocycles. The van der Waals surface area contributed by atoms with Crippen molar-refractivity contribution in [2.45, 2.75) is 50.7 Å². The number of carbonyl (C=O) groups is 1. The van der Waals surface area contributed by atoms with E-state index in [0.717, 1.165) is 11.3 Å². The largest absolute Gasteiger partial charge is 0.373 e. The van der Waals surface area contributed by atoms with Crippen molar-refractivity contribution in [3.8, 4) is 0 Å². The van der Waals surface area contributed by atoms with E-state index in [2.05, 4.69) is 13.8 Å². The van der Waals surface area contributed by atoms with E-state index in [1.165, 1.54) is 16.4 Å². The minimum absolute atomic E-state index is 0.124. The van der Waals surface area contributed by atoms with Crippen LogP contribution in [0.5, 0.6) is 0 Å². The summed E-state index contributed by atoms with van der Waals surface area (Å²) in [5, 5.41) is 0. The van der Waals surface area contributed by atoms with Gasteiger partial charge in [0.1, 0.15) is 0 Å². The number of amides is 1. The fraction of sp³-hybridized carbons (Fsp3) is 0.435. The van der Waals surface area contributed by atoms with E-state index in [9.17, 15) is 13.2 Å². The fourth-order valence-electron chi connectivity index (χ4n) is 3.67. The number of nitrogens with zero attached hydrogens (tertiary/aromatic N) is 2. The van der Waals surface area contributed by atoms with Crippen molar-refractivity contribution in [3.05, 3.63) is 59.7 Å². The zero-order chi connectivity index (χ0) is 22.1. The summed E-state index contributed by atoms with van der Waals surface area (Å²) in [4.78, 5) is 14.8. The first kappa shape index (κ1) is 22.5. The molecule has 0 aliphatic carbocycles. The monoisotopic (exact) mass is 430 g/mol. The summed E-state index contributed by atoms with van der Waals surface area (Å²) in [6.45, 7) is 8.52. The second-order valence-corrected chi connectivity index (χ2v) is 10.2. The average molecular weight is 431 g/mol. The molecular weight excluding hydrogens is 400 g/mol. The molecule has 162 valence electrons. The van der Waals surface area contributed by atoms with Crippen LogP contribution in [0.2, 0.25) is 0 Å². The molecule has 1 aliphatic heterocycles. The van der Waals surface area contributed by atoms with Crippen LogP contribution in [0.3, 0.4) is 0 Å². The van der Waals surface area contributed by atoms with Gasteiger partial charge < -0.3 is 9.64 Å². The first-order valence-corrected chi connectivity index (χ1v) is 11.7. The van der Waals surface area contributed by atoms with Crippen molar-refractivity contribution >= 4 is 21.6 Å². The third-order valence-electron chi connectivity index (χ3n) is 5.33. The second-order valence-electron chi connectivity index (χ2n) is 8.22. The van der Waals surface area contributed by atoms with E-state index >= 15 is 0 Å². The van der Waals surface area contributed by atoms with Gasteiger partial charge in [0.05, 0.1) is 17.1 Å². The maximum absolute atomic E-state index is 13.2. The van der Waals surface area contributed by atoms with Gasteiger partial charge >= 0.3 is 0 Å². The molecule has 0 bridgehead atoms. The summed E-state index contributed by atoms with van der Waals surface area (Å²) < 4.78 is 33.4. The normalized spacial score (nSPS) is 20.3. The van der Waals surface area contributed by atoms with Crippen molar-refractivity contribution < 1.29 is 17.9 Å². The fourth-order valence-corrected chi connectivity index (χ4v) is 5.31. The molecule has 2 atom stereocenters. The maximum Gasteiger partial charge on any atom is 0.258 e. The average Bonchev–Trinajstić information content (AvgIpc) is 2.72. The van der Waals surface area contributed by atoms with Crippen molar-refractivity contribution in [3.63, 3.8) is 0 Å². The highest BCUT2D eigenvalue weighted by Gasteiger charge is 2.32. The number of carbonyl (C=O) groups excluding carboxylic acids is 1. The number of hydrogen-bond acceptors (Lipinski definition) is 4. The van der Waals surface area contributed by atoms with E-state index in [1.807, 2.05) is 38.1 Å². The smallest absolute Gasteiger partial charge is 0.258 e. The summed E-state index contributed by atoms with van der Waals surface area (Å²) in [7, 11) is -2.01. The van der Waals surface area contributed by atoms with Gasteiger partial charge in [0.15, 0.2) is 0 Å². The summed E-state index contributed by atoms with van der Waals surface area (Å²) >= 11 is 0.